The van der Waals surface area contributed by atoms with Crippen LogP contribution in [0.3, 0.4) is 0 Å². The quantitative estimate of drug-likeness (QED) is 0.648. The number of carbonyl (C=O) groups is 1. The van der Waals surface area contributed by atoms with Crippen molar-refractivity contribution in [1.29, 1.82) is 0 Å². The fraction of sp³-hybridized carbons (Fsp3) is 0.286. The molecule has 1 nitrogen and oxygen atoms in total. The van der Waals surface area contributed by atoms with E-state index in [0.717, 1.165) is 24.8 Å². The predicted octanol–water partition coefficient (Wildman–Crippen LogP) is 5.24. The topological polar surface area (TPSA) is 17.1 Å². The Labute approximate surface area is 132 Å². The monoisotopic (exact) mass is 290 g/mol. The van der Waals surface area contributed by atoms with E-state index in [0.29, 0.717) is 5.78 Å². The zero-order chi connectivity index (χ0) is 15.4. The minimum atomic E-state index is 0.312. The maximum absolute atomic E-state index is 11.3. The van der Waals surface area contributed by atoms with Crippen molar-refractivity contribution in [1.82, 2.24) is 0 Å². The van der Waals surface area contributed by atoms with Crippen molar-refractivity contribution >= 4 is 11.4 Å². The van der Waals surface area contributed by atoms with E-state index in [1.807, 2.05) is 24.3 Å². The maximum Gasteiger partial charge on any atom is 0.163 e. The summed E-state index contributed by atoms with van der Waals surface area (Å²) in [7, 11) is 0. The first-order chi connectivity index (χ1) is 10.8. The van der Waals surface area contributed by atoms with Crippen molar-refractivity contribution in [2.24, 2.45) is 0 Å². The van der Waals surface area contributed by atoms with Crippen LogP contribution in [0.15, 0.2) is 55.1 Å². The van der Waals surface area contributed by atoms with Gasteiger partial charge in [-0.1, -0.05) is 55.1 Å². The van der Waals surface area contributed by atoms with Crippen LogP contribution < -0.4 is 0 Å². The molecule has 0 unspecified atom stereocenters. The Kier molecular flexibility index (Phi) is 4.53. The minimum absolute atomic E-state index is 0.312. The molecule has 0 saturated carbocycles. The average molecular weight is 290 g/mol. The highest BCUT2D eigenvalue weighted by atomic mass is 16.1. The van der Waals surface area contributed by atoms with Crippen molar-refractivity contribution in [3.63, 3.8) is 0 Å². The summed E-state index contributed by atoms with van der Waals surface area (Å²) < 4.78 is 0. The number of aryl methyl sites for hydroxylation is 2. The third-order valence-corrected chi connectivity index (χ3v) is 4.49. The first kappa shape index (κ1) is 14.8. The molecule has 0 bridgehead atoms. The van der Waals surface area contributed by atoms with Crippen LogP contribution in [0.5, 0.6) is 0 Å². The van der Waals surface area contributed by atoms with Gasteiger partial charge in [0, 0.05) is 12.0 Å². The van der Waals surface area contributed by atoms with Crippen LogP contribution in [0.4, 0.5) is 0 Å². The Bertz CT molecular complexity index is 635. The molecule has 2 aliphatic rings. The summed E-state index contributed by atoms with van der Waals surface area (Å²) in [6.07, 6.45) is 6.51. The molecule has 0 amide bonds. The van der Waals surface area contributed by atoms with Crippen LogP contribution in [0, 0.1) is 0 Å². The van der Waals surface area contributed by atoms with Gasteiger partial charge < -0.3 is 0 Å². The first-order valence-electron chi connectivity index (χ1n) is 8.13. The minimum Gasteiger partial charge on any atom is -0.294 e. The van der Waals surface area contributed by atoms with Gasteiger partial charge in [0.15, 0.2) is 5.78 Å². The van der Waals surface area contributed by atoms with Gasteiger partial charge in [-0.2, -0.15) is 0 Å². The Hall–Kier alpha value is -2.15. The van der Waals surface area contributed by atoms with E-state index in [4.69, 9.17) is 0 Å². The van der Waals surface area contributed by atoms with E-state index in [-0.39, 0.29) is 0 Å². The van der Waals surface area contributed by atoms with Crippen LogP contribution in [-0.4, -0.2) is 5.78 Å². The second kappa shape index (κ2) is 6.74. The fourth-order valence-electron chi connectivity index (χ4n) is 3.29. The molecular weight excluding hydrogens is 268 g/mol. The van der Waals surface area contributed by atoms with E-state index < -0.39 is 0 Å². The Morgan fingerprint density at radius 1 is 0.682 bits per heavy atom. The lowest BCUT2D eigenvalue weighted by Crippen LogP contribution is -2.09. The largest absolute Gasteiger partial charge is 0.294 e. The van der Waals surface area contributed by atoms with E-state index in [1.54, 1.807) is 0 Å². The molecule has 1 heteroatoms. The summed E-state index contributed by atoms with van der Waals surface area (Å²) in [5, 5.41) is 0. The average Bonchev–Trinajstić information content (AvgIpc) is 2.57. The van der Waals surface area contributed by atoms with Crippen molar-refractivity contribution < 1.29 is 4.79 Å². The number of allylic oxidation sites excluding steroid dienone is 1. The lowest BCUT2D eigenvalue weighted by molar-refractivity contribution is 0.0972. The highest BCUT2D eigenvalue weighted by Crippen LogP contribution is 2.28. The van der Waals surface area contributed by atoms with Gasteiger partial charge in [-0.3, -0.25) is 4.79 Å². The molecule has 0 aliphatic heterocycles. The lowest BCUT2D eigenvalue weighted by atomic mass is 9.88. The SMILES string of the molecule is C=C1CCCc2ccccc21.O=C1CCCc2ccccc21. The number of fused-ring (bicyclic) bond motifs is 2. The highest BCUT2D eigenvalue weighted by molar-refractivity contribution is 5.98. The Balaban J connectivity index is 0.000000131. The van der Waals surface area contributed by atoms with E-state index in [9.17, 15) is 4.79 Å². The summed E-state index contributed by atoms with van der Waals surface area (Å²) >= 11 is 0. The summed E-state index contributed by atoms with van der Waals surface area (Å²) in [4.78, 5) is 11.3. The van der Waals surface area contributed by atoms with Gasteiger partial charge in [0.25, 0.3) is 0 Å². The van der Waals surface area contributed by atoms with Crippen molar-refractivity contribution in [3.05, 3.63) is 77.4 Å². The normalized spacial score (nSPS) is 16.2. The maximum atomic E-state index is 11.3. The third kappa shape index (κ3) is 3.19. The second-order valence-electron chi connectivity index (χ2n) is 6.05. The number of hydrogen-bond donors (Lipinski definition) is 0. The smallest absolute Gasteiger partial charge is 0.163 e. The molecule has 0 atom stereocenters. The number of carbonyl (C=O) groups excluding carboxylic acids is 1. The van der Waals surface area contributed by atoms with Gasteiger partial charge in [-0.05, 0) is 54.4 Å². The molecule has 0 aromatic heterocycles. The molecule has 0 saturated heterocycles. The number of Topliss-reactive ketones (excluding diaryl/α,β-unsaturated/α-hetero) is 1. The summed E-state index contributed by atoms with van der Waals surface area (Å²) in [6.45, 7) is 4.06. The number of rotatable bonds is 0. The van der Waals surface area contributed by atoms with Gasteiger partial charge in [-0.25, -0.2) is 0 Å². The van der Waals surface area contributed by atoms with E-state index in [1.165, 1.54) is 41.5 Å². The Morgan fingerprint density at radius 2 is 1.23 bits per heavy atom. The molecule has 2 aromatic carbocycles. The second-order valence-corrected chi connectivity index (χ2v) is 6.05. The molecule has 0 radical (unpaired) electrons. The summed E-state index contributed by atoms with van der Waals surface area (Å²) in [5.74, 6) is 0.312. The zero-order valence-corrected chi connectivity index (χ0v) is 13.0. The number of benzene rings is 2. The lowest BCUT2D eigenvalue weighted by Gasteiger charge is -2.16. The van der Waals surface area contributed by atoms with Crippen LogP contribution in [-0.2, 0) is 12.8 Å². The van der Waals surface area contributed by atoms with Crippen LogP contribution >= 0.6 is 0 Å². The van der Waals surface area contributed by atoms with Gasteiger partial charge in [-0.15, -0.1) is 0 Å². The molecule has 2 aromatic rings. The van der Waals surface area contributed by atoms with E-state index >= 15 is 0 Å². The zero-order valence-electron chi connectivity index (χ0n) is 13.0. The van der Waals surface area contributed by atoms with Crippen LogP contribution in [0.2, 0.25) is 0 Å². The molecular formula is C21H22O. The highest BCUT2D eigenvalue weighted by Gasteiger charge is 2.15. The van der Waals surface area contributed by atoms with Crippen molar-refractivity contribution in [2.45, 2.75) is 38.5 Å². The first-order valence-corrected chi connectivity index (χ1v) is 8.13. The van der Waals surface area contributed by atoms with Crippen molar-refractivity contribution in [3.8, 4) is 0 Å². The van der Waals surface area contributed by atoms with Gasteiger partial charge in [0.1, 0.15) is 0 Å². The molecule has 22 heavy (non-hydrogen) atoms. The standard InChI is InChI=1S/C11H12.C10H10O/c1-9-5-4-7-10-6-2-3-8-11(9)10;11-10-7-3-5-8-4-1-2-6-9(8)10/h2-3,6,8H,1,4-5,7H2;1-2,4,6H,3,5,7H2. The third-order valence-electron chi connectivity index (χ3n) is 4.49. The van der Waals surface area contributed by atoms with Gasteiger partial charge in [0.05, 0.1) is 0 Å². The number of ketones is 1. The molecule has 0 spiro atoms. The van der Waals surface area contributed by atoms with E-state index in [2.05, 4.69) is 30.8 Å². The molecule has 0 heterocycles. The molecule has 0 fully saturated rings. The van der Waals surface area contributed by atoms with Crippen molar-refractivity contribution in [2.75, 3.05) is 0 Å². The fourth-order valence-corrected chi connectivity index (χ4v) is 3.29. The van der Waals surface area contributed by atoms with Crippen LogP contribution in [0.25, 0.3) is 5.57 Å². The summed E-state index contributed by atoms with van der Waals surface area (Å²) in [5.41, 5.74) is 6.34. The molecule has 2 aliphatic carbocycles. The van der Waals surface area contributed by atoms with Crippen LogP contribution in [0.1, 0.15) is 52.7 Å². The summed E-state index contributed by atoms with van der Waals surface area (Å²) in [6, 6.07) is 16.5. The van der Waals surface area contributed by atoms with Gasteiger partial charge >= 0.3 is 0 Å². The Morgan fingerprint density at radius 3 is 1.86 bits per heavy atom. The molecule has 4 rings (SSSR count). The van der Waals surface area contributed by atoms with Gasteiger partial charge in [0.2, 0.25) is 0 Å². The predicted molar refractivity (Wildman–Crippen MR) is 92.1 cm³/mol. The number of hydrogen-bond acceptors (Lipinski definition) is 1. The molecule has 0 N–H and O–H groups in total. The molecule has 112 valence electrons.